The zero-order chi connectivity index (χ0) is 15.4. The van der Waals surface area contributed by atoms with Crippen LogP contribution in [0, 0.1) is 0 Å². The largest absolute Gasteiger partial charge is 0.375 e. The van der Waals surface area contributed by atoms with E-state index in [2.05, 4.69) is 4.90 Å². The molecule has 0 radical (unpaired) electrons. The summed E-state index contributed by atoms with van der Waals surface area (Å²) in [6.45, 7) is 0. The maximum absolute atomic E-state index is 5.98. The number of ether oxygens (including phenoxy) is 1. The predicted octanol–water partition coefficient (Wildman–Crippen LogP) is 4.98. The molecule has 2 aromatic carbocycles. The second-order valence-corrected chi connectivity index (χ2v) is 6.04. The lowest BCUT2D eigenvalue weighted by molar-refractivity contribution is 0.0302. The Morgan fingerprint density at radius 1 is 0.810 bits per heavy atom. The molecule has 112 valence electrons. The fourth-order valence-corrected chi connectivity index (χ4v) is 2.76. The molecule has 4 heteroatoms. The van der Waals surface area contributed by atoms with Crippen LogP contribution in [0.3, 0.4) is 0 Å². The van der Waals surface area contributed by atoms with Gasteiger partial charge in [-0.3, -0.25) is 4.90 Å². The highest BCUT2D eigenvalue weighted by Gasteiger charge is 2.26. The van der Waals surface area contributed by atoms with Crippen LogP contribution in [0.4, 0.5) is 0 Å². The molecule has 2 aromatic rings. The summed E-state index contributed by atoms with van der Waals surface area (Å²) in [6, 6.07) is 15.8. The van der Waals surface area contributed by atoms with Crippen molar-refractivity contribution in [3.63, 3.8) is 0 Å². The van der Waals surface area contributed by atoms with Crippen molar-refractivity contribution in [2.24, 2.45) is 0 Å². The van der Waals surface area contributed by atoms with Crippen molar-refractivity contribution in [3.05, 3.63) is 69.7 Å². The van der Waals surface area contributed by atoms with E-state index in [1.54, 1.807) is 7.11 Å². The SMILES string of the molecule is CO[C@H](c1ccc(Cl)cc1)[C@@H](c1ccc(Cl)cc1)N(C)C. The van der Waals surface area contributed by atoms with Gasteiger partial charge in [-0.2, -0.15) is 0 Å². The van der Waals surface area contributed by atoms with E-state index in [0.717, 1.165) is 21.2 Å². The number of hydrogen-bond acceptors (Lipinski definition) is 2. The zero-order valence-corrected chi connectivity index (χ0v) is 13.9. The molecular weight excluding hydrogens is 305 g/mol. The Balaban J connectivity index is 2.39. The van der Waals surface area contributed by atoms with Crippen molar-refractivity contribution in [2.45, 2.75) is 12.1 Å². The molecule has 0 unspecified atom stereocenters. The third-order valence-corrected chi connectivity index (χ3v) is 4.01. The van der Waals surface area contributed by atoms with Crippen LogP contribution in [0.25, 0.3) is 0 Å². The summed E-state index contributed by atoms with van der Waals surface area (Å²) in [4.78, 5) is 2.14. The van der Waals surface area contributed by atoms with Gasteiger partial charge < -0.3 is 4.74 Å². The molecule has 0 amide bonds. The van der Waals surface area contributed by atoms with Crippen LogP contribution in [0.15, 0.2) is 48.5 Å². The molecule has 2 rings (SSSR count). The minimum Gasteiger partial charge on any atom is -0.375 e. The molecule has 21 heavy (non-hydrogen) atoms. The van der Waals surface area contributed by atoms with Gasteiger partial charge in [0.1, 0.15) is 6.10 Å². The predicted molar refractivity (Wildman–Crippen MR) is 89.1 cm³/mol. The molecule has 2 nitrogen and oxygen atoms in total. The molecule has 0 heterocycles. The van der Waals surface area contributed by atoms with E-state index in [-0.39, 0.29) is 12.1 Å². The number of likely N-dealkylation sites (N-methyl/N-ethyl adjacent to an activating group) is 1. The molecule has 0 fully saturated rings. The summed E-state index contributed by atoms with van der Waals surface area (Å²) in [5.74, 6) is 0. The highest BCUT2D eigenvalue weighted by molar-refractivity contribution is 6.30. The Morgan fingerprint density at radius 2 is 1.24 bits per heavy atom. The average Bonchev–Trinajstić information content (AvgIpc) is 2.47. The smallest absolute Gasteiger partial charge is 0.102 e. The summed E-state index contributed by atoms with van der Waals surface area (Å²) in [7, 11) is 5.81. The molecule has 0 aliphatic rings. The van der Waals surface area contributed by atoms with E-state index in [0.29, 0.717) is 0 Å². The first kappa shape index (κ1) is 16.3. The van der Waals surface area contributed by atoms with E-state index in [9.17, 15) is 0 Å². The lowest BCUT2D eigenvalue weighted by atomic mass is 9.95. The maximum Gasteiger partial charge on any atom is 0.102 e. The second kappa shape index (κ2) is 7.28. The fraction of sp³-hybridized carbons (Fsp3) is 0.294. The fourth-order valence-electron chi connectivity index (χ4n) is 2.50. The van der Waals surface area contributed by atoms with Gasteiger partial charge in [0.15, 0.2) is 0 Å². The first-order valence-electron chi connectivity index (χ1n) is 6.73. The number of hydrogen-bond donors (Lipinski definition) is 0. The van der Waals surface area contributed by atoms with E-state index in [1.807, 2.05) is 62.6 Å². The van der Waals surface area contributed by atoms with Gasteiger partial charge in [0.2, 0.25) is 0 Å². The van der Waals surface area contributed by atoms with Crippen LogP contribution < -0.4 is 0 Å². The topological polar surface area (TPSA) is 12.5 Å². The molecule has 0 N–H and O–H groups in total. The average molecular weight is 324 g/mol. The van der Waals surface area contributed by atoms with Crippen LogP contribution in [-0.4, -0.2) is 26.1 Å². The Hall–Kier alpha value is -1.06. The number of rotatable bonds is 5. The van der Waals surface area contributed by atoms with E-state index in [4.69, 9.17) is 27.9 Å². The molecule has 0 aliphatic heterocycles. The zero-order valence-electron chi connectivity index (χ0n) is 12.4. The number of benzene rings is 2. The van der Waals surface area contributed by atoms with Crippen molar-refractivity contribution in [3.8, 4) is 0 Å². The molecule has 0 aromatic heterocycles. The summed E-state index contributed by atoms with van der Waals surface area (Å²) < 4.78 is 5.77. The van der Waals surface area contributed by atoms with Crippen molar-refractivity contribution in [1.82, 2.24) is 4.90 Å². The summed E-state index contributed by atoms with van der Waals surface area (Å²) in [5, 5.41) is 1.46. The molecule has 0 aliphatic carbocycles. The number of halogens is 2. The molecule has 0 bridgehead atoms. The standard InChI is InChI=1S/C17H19Cl2NO/c1-20(2)16(12-4-8-14(18)9-5-12)17(21-3)13-6-10-15(19)11-7-13/h4-11,16-17H,1-3H3/t16-,17-/m1/s1. The van der Waals surface area contributed by atoms with E-state index < -0.39 is 0 Å². The van der Waals surface area contributed by atoms with E-state index >= 15 is 0 Å². The molecule has 2 atom stereocenters. The van der Waals surface area contributed by atoms with Gasteiger partial charge in [-0.15, -0.1) is 0 Å². The molecular formula is C17H19Cl2NO. The van der Waals surface area contributed by atoms with Gasteiger partial charge in [-0.1, -0.05) is 47.5 Å². The first-order chi connectivity index (χ1) is 10.0. The van der Waals surface area contributed by atoms with Gasteiger partial charge in [0.25, 0.3) is 0 Å². The van der Waals surface area contributed by atoms with Crippen molar-refractivity contribution >= 4 is 23.2 Å². The van der Waals surface area contributed by atoms with Gasteiger partial charge >= 0.3 is 0 Å². The van der Waals surface area contributed by atoms with Crippen LogP contribution in [0.1, 0.15) is 23.3 Å². The third-order valence-electron chi connectivity index (χ3n) is 3.51. The van der Waals surface area contributed by atoms with Crippen LogP contribution in [0.5, 0.6) is 0 Å². The Kier molecular flexibility index (Phi) is 5.65. The minimum absolute atomic E-state index is 0.0848. The van der Waals surface area contributed by atoms with Gasteiger partial charge in [-0.05, 0) is 49.5 Å². The Labute approximate surface area is 136 Å². The van der Waals surface area contributed by atoms with Crippen LogP contribution in [-0.2, 0) is 4.74 Å². The second-order valence-electron chi connectivity index (χ2n) is 5.17. The molecule has 0 spiro atoms. The number of methoxy groups -OCH3 is 1. The van der Waals surface area contributed by atoms with Gasteiger partial charge in [0.05, 0.1) is 6.04 Å². The first-order valence-corrected chi connectivity index (χ1v) is 7.48. The third kappa shape index (κ3) is 3.98. The number of nitrogens with zero attached hydrogens (tertiary/aromatic N) is 1. The lowest BCUT2D eigenvalue weighted by Gasteiger charge is -2.32. The normalized spacial score (nSPS) is 14.2. The minimum atomic E-state index is -0.0848. The van der Waals surface area contributed by atoms with Gasteiger partial charge in [0, 0.05) is 17.2 Å². The summed E-state index contributed by atoms with van der Waals surface area (Å²) in [6.07, 6.45) is -0.0848. The Morgan fingerprint density at radius 3 is 1.62 bits per heavy atom. The quantitative estimate of drug-likeness (QED) is 0.769. The van der Waals surface area contributed by atoms with Gasteiger partial charge in [-0.25, -0.2) is 0 Å². The molecule has 0 saturated heterocycles. The maximum atomic E-state index is 5.98. The van der Waals surface area contributed by atoms with Crippen molar-refractivity contribution < 1.29 is 4.74 Å². The van der Waals surface area contributed by atoms with Crippen molar-refractivity contribution in [1.29, 1.82) is 0 Å². The van der Waals surface area contributed by atoms with Crippen LogP contribution >= 0.6 is 23.2 Å². The highest BCUT2D eigenvalue weighted by Crippen LogP contribution is 2.35. The summed E-state index contributed by atoms with van der Waals surface area (Å²) >= 11 is 12.0. The Bertz CT molecular complexity index is 566. The highest BCUT2D eigenvalue weighted by atomic mass is 35.5. The molecule has 0 saturated carbocycles. The van der Waals surface area contributed by atoms with Crippen molar-refractivity contribution in [2.75, 3.05) is 21.2 Å². The summed E-state index contributed by atoms with van der Waals surface area (Å²) in [5.41, 5.74) is 2.25. The monoisotopic (exact) mass is 323 g/mol. The lowest BCUT2D eigenvalue weighted by Crippen LogP contribution is -2.27. The van der Waals surface area contributed by atoms with Crippen LogP contribution in [0.2, 0.25) is 10.0 Å². The van der Waals surface area contributed by atoms with E-state index in [1.165, 1.54) is 0 Å².